The molecule has 0 saturated carbocycles. The molecule has 1 aromatic carbocycles. The Kier molecular flexibility index (Phi) is 6.56. The lowest BCUT2D eigenvalue weighted by molar-refractivity contribution is -0.137. The van der Waals surface area contributed by atoms with E-state index in [1.54, 1.807) is 0 Å². The van der Waals surface area contributed by atoms with Gasteiger partial charge in [-0.2, -0.15) is 13.2 Å². The van der Waals surface area contributed by atoms with Crippen LogP contribution in [0.1, 0.15) is 11.1 Å². The molecule has 3 rings (SSSR count). The Morgan fingerprint density at radius 1 is 1.14 bits per heavy atom. The average molecular weight is 412 g/mol. The first kappa shape index (κ1) is 21.3. The average Bonchev–Trinajstić information content (AvgIpc) is 2.67. The zero-order valence-corrected chi connectivity index (χ0v) is 15.7. The maximum absolute atomic E-state index is 12.9. The maximum atomic E-state index is 12.9. The van der Waals surface area contributed by atoms with E-state index in [1.807, 2.05) is 0 Å². The quantitative estimate of drug-likeness (QED) is 0.622. The third kappa shape index (κ3) is 5.14. The normalized spacial score (nSPS) is 16.8. The van der Waals surface area contributed by atoms with E-state index in [0.29, 0.717) is 19.6 Å². The summed E-state index contributed by atoms with van der Waals surface area (Å²) >= 11 is 0. The zero-order valence-electron chi connectivity index (χ0n) is 15.7. The third-order valence-corrected chi connectivity index (χ3v) is 5.00. The number of halogens is 3. The van der Waals surface area contributed by atoms with Crippen molar-refractivity contribution in [3.05, 3.63) is 39.7 Å². The van der Waals surface area contributed by atoms with Gasteiger partial charge in [-0.05, 0) is 18.2 Å². The molecule has 3 N–H and O–H groups in total. The van der Waals surface area contributed by atoms with Gasteiger partial charge in [0.25, 0.3) is 5.56 Å². The largest absolute Gasteiger partial charge is 0.506 e. The number of aliphatic imine (C=N–C) groups is 1. The van der Waals surface area contributed by atoms with E-state index in [4.69, 9.17) is 5.11 Å². The highest BCUT2D eigenvalue weighted by Gasteiger charge is 2.31. The van der Waals surface area contributed by atoms with E-state index in [-0.39, 0.29) is 23.1 Å². The summed E-state index contributed by atoms with van der Waals surface area (Å²) in [7, 11) is 0. The zero-order chi connectivity index (χ0) is 21.0. The van der Waals surface area contributed by atoms with Crippen LogP contribution in [0.4, 0.5) is 13.2 Å². The smallest absolute Gasteiger partial charge is 0.416 e. The summed E-state index contributed by atoms with van der Waals surface area (Å²) in [6.07, 6.45) is -3.35. The first-order chi connectivity index (χ1) is 13.8. The molecular formula is C19H23F3N4O3. The highest BCUT2D eigenvalue weighted by molar-refractivity contribution is 5.94. The van der Waals surface area contributed by atoms with Gasteiger partial charge >= 0.3 is 6.18 Å². The summed E-state index contributed by atoms with van der Waals surface area (Å²) in [5, 5.41) is 19.2. The van der Waals surface area contributed by atoms with Crippen molar-refractivity contribution in [3.8, 4) is 5.75 Å². The van der Waals surface area contributed by atoms with Crippen LogP contribution < -0.4 is 5.56 Å². The van der Waals surface area contributed by atoms with E-state index < -0.39 is 23.0 Å². The van der Waals surface area contributed by atoms with Crippen LogP contribution in [0.25, 0.3) is 10.9 Å². The SMILES string of the molecule is O=c1[nH]c2ccc(C(F)(F)F)cc2c(O)c1C=NCCN1CCN(CCO)CC1. The number of aliphatic hydroxyl groups is 1. The van der Waals surface area contributed by atoms with Crippen molar-refractivity contribution in [2.75, 3.05) is 52.4 Å². The lowest BCUT2D eigenvalue weighted by atomic mass is 10.1. The topological polar surface area (TPSA) is 92.2 Å². The van der Waals surface area contributed by atoms with Gasteiger partial charge in [0.2, 0.25) is 0 Å². The van der Waals surface area contributed by atoms with Crippen LogP contribution in [0.3, 0.4) is 0 Å². The van der Waals surface area contributed by atoms with Crippen LogP contribution >= 0.6 is 0 Å². The standard InChI is InChI=1S/C19H23F3N4O3/c20-19(21,22)13-1-2-16-14(11-13)17(28)15(18(29)24-16)12-23-3-4-25-5-7-26(8-6-25)9-10-27/h1-2,11-12,27H,3-10H2,(H2,24,28,29). The number of aromatic amines is 1. The van der Waals surface area contributed by atoms with Crippen molar-refractivity contribution < 1.29 is 23.4 Å². The minimum Gasteiger partial charge on any atom is -0.506 e. The molecule has 29 heavy (non-hydrogen) atoms. The van der Waals surface area contributed by atoms with Crippen LogP contribution in [0.15, 0.2) is 28.0 Å². The second-order valence-corrected chi connectivity index (χ2v) is 6.92. The van der Waals surface area contributed by atoms with E-state index in [1.165, 1.54) is 6.21 Å². The number of rotatable bonds is 6. The van der Waals surface area contributed by atoms with Crippen molar-refractivity contribution in [3.63, 3.8) is 0 Å². The molecule has 0 spiro atoms. The van der Waals surface area contributed by atoms with Gasteiger partial charge in [0.15, 0.2) is 0 Å². The number of nitrogens with one attached hydrogen (secondary N) is 1. The molecule has 10 heteroatoms. The van der Waals surface area contributed by atoms with Gasteiger partial charge in [-0.15, -0.1) is 0 Å². The monoisotopic (exact) mass is 412 g/mol. The Labute approximate surface area is 165 Å². The molecule has 1 fully saturated rings. The predicted octanol–water partition coefficient (Wildman–Crippen LogP) is 1.28. The number of alkyl halides is 3. The van der Waals surface area contributed by atoms with Crippen LogP contribution in [-0.4, -0.2) is 83.6 Å². The van der Waals surface area contributed by atoms with E-state index in [2.05, 4.69) is 19.8 Å². The number of aromatic nitrogens is 1. The lowest BCUT2D eigenvalue weighted by Crippen LogP contribution is -2.47. The summed E-state index contributed by atoms with van der Waals surface area (Å²) in [5.41, 5.74) is -1.56. The maximum Gasteiger partial charge on any atom is 0.416 e. The Bertz CT molecular complexity index is 935. The number of fused-ring (bicyclic) bond motifs is 1. The molecule has 0 aliphatic carbocycles. The summed E-state index contributed by atoms with van der Waals surface area (Å²) < 4.78 is 38.8. The lowest BCUT2D eigenvalue weighted by Gasteiger charge is -2.33. The Morgan fingerprint density at radius 3 is 2.41 bits per heavy atom. The third-order valence-electron chi connectivity index (χ3n) is 5.00. The van der Waals surface area contributed by atoms with Gasteiger partial charge in [-0.25, -0.2) is 0 Å². The molecule has 1 aliphatic heterocycles. The van der Waals surface area contributed by atoms with Gasteiger partial charge in [-0.1, -0.05) is 0 Å². The van der Waals surface area contributed by atoms with E-state index in [9.17, 15) is 23.1 Å². The molecular weight excluding hydrogens is 389 g/mol. The van der Waals surface area contributed by atoms with Crippen LogP contribution in [0.5, 0.6) is 5.75 Å². The molecule has 0 atom stereocenters. The number of benzene rings is 1. The van der Waals surface area contributed by atoms with Gasteiger partial charge in [0.05, 0.1) is 29.8 Å². The number of β-amino-alcohol motifs (C(OH)–C–C–N with tert-alkyl or cyclic N) is 1. The first-order valence-electron chi connectivity index (χ1n) is 9.31. The Balaban J connectivity index is 1.69. The Morgan fingerprint density at radius 2 is 1.79 bits per heavy atom. The first-order valence-corrected chi connectivity index (χ1v) is 9.31. The number of nitrogens with zero attached hydrogens (tertiary/aromatic N) is 3. The molecule has 2 aromatic rings. The molecule has 158 valence electrons. The fourth-order valence-corrected chi connectivity index (χ4v) is 3.32. The summed E-state index contributed by atoms with van der Waals surface area (Å²) in [6, 6.07) is 2.78. The van der Waals surface area contributed by atoms with Crippen molar-refractivity contribution in [2.24, 2.45) is 4.99 Å². The molecule has 7 nitrogen and oxygen atoms in total. The van der Waals surface area contributed by atoms with Gasteiger partial charge in [0.1, 0.15) is 5.75 Å². The molecule has 0 radical (unpaired) electrons. The van der Waals surface area contributed by atoms with E-state index >= 15 is 0 Å². The van der Waals surface area contributed by atoms with Gasteiger partial charge in [-0.3, -0.25) is 19.6 Å². The summed E-state index contributed by atoms with van der Waals surface area (Å²) in [5.74, 6) is -0.517. The number of pyridine rings is 1. The van der Waals surface area contributed by atoms with E-state index in [0.717, 1.165) is 44.4 Å². The van der Waals surface area contributed by atoms with Crippen molar-refractivity contribution in [1.82, 2.24) is 14.8 Å². The van der Waals surface area contributed by atoms with Gasteiger partial charge < -0.3 is 15.2 Å². The minimum absolute atomic E-state index is 0.0825. The second kappa shape index (κ2) is 8.93. The molecule has 0 bridgehead atoms. The molecule has 2 heterocycles. The second-order valence-electron chi connectivity index (χ2n) is 6.92. The molecule has 0 amide bonds. The molecule has 1 aliphatic rings. The van der Waals surface area contributed by atoms with Crippen LogP contribution in [0, 0.1) is 0 Å². The number of aliphatic hydroxyl groups excluding tert-OH is 1. The number of aromatic hydroxyl groups is 1. The van der Waals surface area contributed by atoms with Crippen molar-refractivity contribution >= 4 is 17.1 Å². The van der Waals surface area contributed by atoms with Crippen LogP contribution in [0.2, 0.25) is 0 Å². The highest BCUT2D eigenvalue weighted by atomic mass is 19.4. The molecule has 0 unspecified atom stereocenters. The highest BCUT2D eigenvalue weighted by Crippen LogP contribution is 2.33. The number of hydrogen-bond donors (Lipinski definition) is 3. The summed E-state index contributed by atoms with van der Waals surface area (Å²) in [6.45, 7) is 5.25. The fraction of sp³-hybridized carbons (Fsp3) is 0.474. The van der Waals surface area contributed by atoms with Crippen LogP contribution in [-0.2, 0) is 6.18 Å². The van der Waals surface area contributed by atoms with Gasteiger partial charge in [0, 0.05) is 50.9 Å². The minimum atomic E-state index is -4.55. The Hall–Kier alpha value is -2.43. The number of hydrogen-bond acceptors (Lipinski definition) is 6. The van der Waals surface area contributed by atoms with Crippen molar-refractivity contribution in [2.45, 2.75) is 6.18 Å². The molecule has 1 aromatic heterocycles. The number of H-pyrrole nitrogens is 1. The molecule has 1 saturated heterocycles. The predicted molar refractivity (Wildman–Crippen MR) is 104 cm³/mol. The summed E-state index contributed by atoms with van der Waals surface area (Å²) in [4.78, 5) is 23.2. The fourth-order valence-electron chi connectivity index (χ4n) is 3.32. The number of piperazine rings is 1. The van der Waals surface area contributed by atoms with Crippen molar-refractivity contribution in [1.29, 1.82) is 0 Å².